The zero-order chi connectivity index (χ0) is 31.6. The number of carbonyl (C=O) groups is 2. The lowest BCUT2D eigenvalue weighted by molar-refractivity contribution is -0.124. The zero-order valence-corrected chi connectivity index (χ0v) is 25.6. The number of nitrogens with zero attached hydrogens (tertiary/aromatic N) is 3. The van der Waals surface area contributed by atoms with E-state index >= 15 is 0 Å². The minimum absolute atomic E-state index is 0.0380. The molecule has 0 fully saturated rings. The van der Waals surface area contributed by atoms with Gasteiger partial charge in [-0.1, -0.05) is 55.0 Å². The van der Waals surface area contributed by atoms with Crippen LogP contribution in [0.2, 0.25) is 0 Å². The number of ether oxygens (including phenoxy) is 1. The molecule has 0 aliphatic rings. The van der Waals surface area contributed by atoms with Gasteiger partial charge in [0.2, 0.25) is 6.10 Å². The number of benzene rings is 3. The van der Waals surface area contributed by atoms with Gasteiger partial charge in [0.1, 0.15) is 5.69 Å². The number of hydrogen-bond acceptors (Lipinski definition) is 7. The Bertz CT molecular complexity index is 1930. The topological polar surface area (TPSA) is 146 Å². The normalized spacial score (nSPS) is 12.9. The number of nitrogens with two attached hydrogens (primary N) is 1. The molecule has 5 aromatic rings. The van der Waals surface area contributed by atoms with Crippen molar-refractivity contribution in [1.29, 1.82) is 0 Å². The SMILES string of the molecule is CCS(=O)(=O)c1ccc(C(OC(N)=O)C(=O)Nc2ccc(-c3nc4ccc(C)cc4n3C(C)c3ccc(C)cc3)nc2)cc1. The van der Waals surface area contributed by atoms with Gasteiger partial charge >= 0.3 is 6.09 Å². The van der Waals surface area contributed by atoms with E-state index in [2.05, 4.69) is 59.0 Å². The first-order valence-electron chi connectivity index (χ1n) is 14.1. The second kappa shape index (κ2) is 12.3. The average Bonchev–Trinajstić information content (AvgIpc) is 3.38. The quantitative estimate of drug-likeness (QED) is 0.211. The molecule has 0 spiro atoms. The van der Waals surface area contributed by atoms with Crippen LogP contribution in [-0.4, -0.2) is 40.7 Å². The molecule has 2 aromatic heterocycles. The Morgan fingerprint density at radius 1 is 0.932 bits per heavy atom. The predicted molar refractivity (Wildman–Crippen MR) is 169 cm³/mol. The van der Waals surface area contributed by atoms with E-state index < -0.39 is 27.9 Å². The van der Waals surface area contributed by atoms with Crippen molar-refractivity contribution in [1.82, 2.24) is 14.5 Å². The number of anilines is 1. The van der Waals surface area contributed by atoms with Crippen LogP contribution in [0.25, 0.3) is 22.6 Å². The Kier molecular flexibility index (Phi) is 8.50. The molecule has 5 rings (SSSR count). The van der Waals surface area contributed by atoms with Crippen molar-refractivity contribution in [2.75, 3.05) is 11.1 Å². The van der Waals surface area contributed by atoms with Gasteiger partial charge in [-0.25, -0.2) is 18.2 Å². The van der Waals surface area contributed by atoms with Crippen molar-refractivity contribution in [3.05, 3.63) is 107 Å². The first kappa shape index (κ1) is 30.4. The monoisotopic (exact) mass is 611 g/mol. The number of nitrogens with one attached hydrogen (secondary N) is 1. The third kappa shape index (κ3) is 6.32. The van der Waals surface area contributed by atoms with E-state index in [1.54, 1.807) is 12.1 Å². The van der Waals surface area contributed by atoms with E-state index in [1.165, 1.54) is 42.9 Å². The summed E-state index contributed by atoms with van der Waals surface area (Å²) in [6.07, 6.45) is -1.06. The van der Waals surface area contributed by atoms with Crippen molar-refractivity contribution in [2.45, 2.75) is 44.7 Å². The number of pyridine rings is 1. The van der Waals surface area contributed by atoms with E-state index in [9.17, 15) is 18.0 Å². The number of carbonyl (C=O) groups excluding carboxylic acids is 2. The van der Waals surface area contributed by atoms with Gasteiger partial charge in [0.05, 0.1) is 39.6 Å². The van der Waals surface area contributed by atoms with Crippen LogP contribution in [0.15, 0.2) is 90.0 Å². The molecule has 2 unspecified atom stereocenters. The van der Waals surface area contributed by atoms with Crippen LogP contribution < -0.4 is 11.1 Å². The number of aromatic nitrogens is 3. The Balaban J connectivity index is 1.44. The maximum absolute atomic E-state index is 13.2. The van der Waals surface area contributed by atoms with Gasteiger partial charge in [0.15, 0.2) is 15.7 Å². The molecule has 11 heteroatoms. The van der Waals surface area contributed by atoms with Crippen molar-refractivity contribution in [3.63, 3.8) is 0 Å². The third-order valence-electron chi connectivity index (χ3n) is 7.45. The molecule has 10 nitrogen and oxygen atoms in total. The van der Waals surface area contributed by atoms with Gasteiger partial charge in [-0.3, -0.25) is 9.78 Å². The van der Waals surface area contributed by atoms with E-state index in [-0.39, 0.29) is 22.3 Å². The van der Waals surface area contributed by atoms with Gasteiger partial charge in [-0.15, -0.1) is 0 Å². The van der Waals surface area contributed by atoms with Crippen molar-refractivity contribution < 1.29 is 22.7 Å². The fourth-order valence-corrected chi connectivity index (χ4v) is 5.87. The van der Waals surface area contributed by atoms with Crippen molar-refractivity contribution in [3.8, 4) is 11.5 Å². The number of fused-ring (bicyclic) bond motifs is 1. The van der Waals surface area contributed by atoms with Crippen LogP contribution >= 0.6 is 0 Å². The fourth-order valence-electron chi connectivity index (χ4n) is 4.98. The van der Waals surface area contributed by atoms with E-state index in [0.29, 0.717) is 17.2 Å². The molecular formula is C33H33N5O5S. The maximum atomic E-state index is 13.2. The summed E-state index contributed by atoms with van der Waals surface area (Å²) in [4.78, 5) is 34.4. The van der Waals surface area contributed by atoms with Crippen LogP contribution in [0.5, 0.6) is 0 Å². The predicted octanol–water partition coefficient (Wildman–Crippen LogP) is 5.89. The third-order valence-corrected chi connectivity index (χ3v) is 9.20. The van der Waals surface area contributed by atoms with Crippen LogP contribution in [0.1, 0.15) is 48.2 Å². The molecular weight excluding hydrogens is 578 g/mol. The number of rotatable bonds is 9. The summed E-state index contributed by atoms with van der Waals surface area (Å²) in [5.41, 5.74) is 11.7. The molecule has 0 bridgehead atoms. The molecule has 0 saturated heterocycles. The molecule has 0 aliphatic heterocycles. The molecule has 3 aromatic carbocycles. The first-order valence-corrected chi connectivity index (χ1v) is 15.7. The number of primary amides is 1. The summed E-state index contributed by atoms with van der Waals surface area (Å²) >= 11 is 0. The second-order valence-electron chi connectivity index (χ2n) is 10.6. The summed E-state index contributed by atoms with van der Waals surface area (Å²) in [7, 11) is -3.44. The minimum Gasteiger partial charge on any atom is -0.431 e. The van der Waals surface area contributed by atoms with Gasteiger partial charge in [-0.05, 0) is 68.3 Å². The molecule has 2 atom stereocenters. The van der Waals surface area contributed by atoms with Gasteiger partial charge < -0.3 is 20.4 Å². The maximum Gasteiger partial charge on any atom is 0.405 e. The van der Waals surface area contributed by atoms with Gasteiger partial charge in [-0.2, -0.15) is 0 Å². The first-order chi connectivity index (χ1) is 21.0. The Hall–Kier alpha value is -5.03. The average molecular weight is 612 g/mol. The van der Waals surface area contributed by atoms with Crippen molar-refractivity contribution >= 4 is 38.6 Å². The van der Waals surface area contributed by atoms with Gasteiger partial charge in [0.25, 0.3) is 5.91 Å². The Morgan fingerprint density at radius 3 is 2.20 bits per heavy atom. The molecule has 0 radical (unpaired) electrons. The van der Waals surface area contributed by atoms with E-state index in [0.717, 1.165) is 22.2 Å². The highest BCUT2D eigenvalue weighted by Crippen LogP contribution is 2.32. The number of amides is 2. The molecule has 0 aliphatic carbocycles. The Morgan fingerprint density at radius 2 is 1.59 bits per heavy atom. The van der Waals surface area contributed by atoms with E-state index in [1.807, 2.05) is 19.1 Å². The number of sulfone groups is 1. The van der Waals surface area contributed by atoms with Gasteiger partial charge in [0, 0.05) is 5.56 Å². The smallest absolute Gasteiger partial charge is 0.405 e. The highest BCUT2D eigenvalue weighted by Gasteiger charge is 2.26. The van der Waals surface area contributed by atoms with Crippen LogP contribution in [0.3, 0.4) is 0 Å². The summed E-state index contributed by atoms with van der Waals surface area (Å²) in [6, 6.07) is 23.5. The lowest BCUT2D eigenvalue weighted by atomic mass is 10.1. The van der Waals surface area contributed by atoms with Crippen molar-refractivity contribution in [2.24, 2.45) is 5.73 Å². The minimum atomic E-state index is -3.44. The lowest BCUT2D eigenvalue weighted by Crippen LogP contribution is -2.28. The summed E-state index contributed by atoms with van der Waals surface area (Å²) in [5, 5.41) is 2.70. The summed E-state index contributed by atoms with van der Waals surface area (Å²) < 4.78 is 31.6. The second-order valence-corrected chi connectivity index (χ2v) is 12.9. The number of imidazole rings is 1. The number of aryl methyl sites for hydroxylation is 2. The highest BCUT2D eigenvalue weighted by atomic mass is 32.2. The fraction of sp³-hybridized carbons (Fsp3) is 0.212. The van der Waals surface area contributed by atoms with Crippen LogP contribution in [0.4, 0.5) is 10.5 Å². The van der Waals surface area contributed by atoms with E-state index in [4.69, 9.17) is 15.5 Å². The zero-order valence-electron chi connectivity index (χ0n) is 24.8. The molecule has 2 heterocycles. The molecule has 44 heavy (non-hydrogen) atoms. The molecule has 0 saturated carbocycles. The largest absolute Gasteiger partial charge is 0.431 e. The standard InChI is InChI=1S/C33H33N5O5S/c1-5-44(41,42)26-14-11-24(12-15-26)30(43-33(34)40)32(39)36-25-13-17-28(35-19-25)31-37-27-16-8-21(3)18-29(27)38(31)22(4)23-9-6-20(2)7-10-23/h6-19,22,30H,5H2,1-4H3,(H2,34,40)(H,36,39). The highest BCUT2D eigenvalue weighted by molar-refractivity contribution is 7.91. The molecule has 3 N–H and O–H groups in total. The molecule has 226 valence electrons. The summed E-state index contributed by atoms with van der Waals surface area (Å²) in [6.45, 7) is 7.75. The van der Waals surface area contributed by atoms with Crippen LogP contribution in [0, 0.1) is 13.8 Å². The number of hydrogen-bond donors (Lipinski definition) is 2. The Labute approximate surface area is 255 Å². The summed E-state index contributed by atoms with van der Waals surface area (Å²) in [5.74, 6) is -0.0774. The lowest BCUT2D eigenvalue weighted by Gasteiger charge is -2.19. The van der Waals surface area contributed by atoms with Crippen LogP contribution in [-0.2, 0) is 19.4 Å². The molecule has 2 amide bonds.